The molecule has 0 amide bonds. The van der Waals surface area contributed by atoms with Crippen LogP contribution in [0.5, 0.6) is 17.2 Å². The molecule has 1 aromatic carbocycles. The Hall–Kier alpha value is -3.01. The summed E-state index contributed by atoms with van der Waals surface area (Å²) in [7, 11) is 1.53. The van der Waals surface area contributed by atoms with Crippen molar-refractivity contribution in [2.24, 2.45) is 0 Å². The van der Waals surface area contributed by atoms with Gasteiger partial charge in [0.05, 0.1) is 18.9 Å². The maximum absolute atomic E-state index is 9.28. The second-order valence-corrected chi connectivity index (χ2v) is 5.43. The minimum atomic E-state index is 0.171. The van der Waals surface area contributed by atoms with Gasteiger partial charge in [-0.1, -0.05) is 13.8 Å². The number of benzene rings is 1. The number of nitrogens with two attached hydrogens (primary N) is 1. The quantitative estimate of drug-likeness (QED) is 0.838. The molecule has 126 valence electrons. The molecule has 1 aromatic heterocycles. The summed E-state index contributed by atoms with van der Waals surface area (Å²) in [6, 6.07) is 5.55. The number of ether oxygens (including phenoxy) is 2. The molecule has 0 spiro atoms. The predicted octanol–water partition coefficient (Wildman–Crippen LogP) is 3.29. The number of hydrogen-bond donors (Lipinski definition) is 2. The van der Waals surface area contributed by atoms with E-state index in [-0.39, 0.29) is 11.7 Å². The molecule has 0 aliphatic carbocycles. The monoisotopic (exact) mass is 327 g/mol. The number of nitriles is 1. The first kappa shape index (κ1) is 17.3. The normalized spacial score (nSPS) is 10.3. The largest absolute Gasteiger partial charge is 0.495 e. The van der Waals surface area contributed by atoms with Crippen LogP contribution in [0.15, 0.2) is 18.3 Å². The lowest BCUT2D eigenvalue weighted by molar-refractivity contribution is 0.409. The first-order valence-corrected chi connectivity index (χ1v) is 7.66. The van der Waals surface area contributed by atoms with E-state index in [1.54, 1.807) is 6.07 Å². The van der Waals surface area contributed by atoms with E-state index in [1.807, 2.05) is 26.8 Å². The number of nitrogens with zero attached hydrogens (tertiary/aromatic N) is 3. The number of nitrogen functional groups attached to an aromatic ring is 1. The summed E-state index contributed by atoms with van der Waals surface area (Å²) < 4.78 is 11.2. The summed E-state index contributed by atoms with van der Waals surface area (Å²) in [4.78, 5) is 8.31. The van der Waals surface area contributed by atoms with E-state index in [0.29, 0.717) is 35.3 Å². The maximum atomic E-state index is 9.28. The fourth-order valence-electron chi connectivity index (χ4n) is 2.20. The molecular formula is C17H21N5O2. The van der Waals surface area contributed by atoms with Crippen molar-refractivity contribution in [2.45, 2.75) is 26.7 Å². The van der Waals surface area contributed by atoms with Gasteiger partial charge in [-0.15, -0.1) is 0 Å². The van der Waals surface area contributed by atoms with E-state index in [2.05, 4.69) is 21.4 Å². The van der Waals surface area contributed by atoms with Crippen LogP contribution < -0.4 is 20.5 Å². The Morgan fingerprint density at radius 2 is 2.04 bits per heavy atom. The van der Waals surface area contributed by atoms with Gasteiger partial charge in [0.15, 0.2) is 11.6 Å². The van der Waals surface area contributed by atoms with Crippen molar-refractivity contribution in [1.29, 1.82) is 5.26 Å². The molecule has 0 fully saturated rings. The van der Waals surface area contributed by atoms with Crippen molar-refractivity contribution in [3.63, 3.8) is 0 Å². The van der Waals surface area contributed by atoms with Crippen LogP contribution >= 0.6 is 0 Å². The van der Waals surface area contributed by atoms with Crippen molar-refractivity contribution in [1.82, 2.24) is 9.97 Å². The standard InChI is InChI=1S/C17H21N5O2/c1-5-20-17-21-9-15(16(19)22-17)24-14-6-11(8-18)13(23-4)7-12(14)10(2)3/h6-7,9-10H,5H2,1-4H3,(H3,19,20,21,22). The van der Waals surface area contributed by atoms with Crippen molar-refractivity contribution < 1.29 is 9.47 Å². The van der Waals surface area contributed by atoms with Gasteiger partial charge in [0, 0.05) is 18.2 Å². The number of hydrogen-bond acceptors (Lipinski definition) is 7. The fraction of sp³-hybridized carbons (Fsp3) is 0.353. The molecular weight excluding hydrogens is 306 g/mol. The average molecular weight is 327 g/mol. The molecule has 7 heteroatoms. The highest BCUT2D eigenvalue weighted by Crippen LogP contribution is 2.37. The molecule has 7 nitrogen and oxygen atoms in total. The Morgan fingerprint density at radius 3 is 2.58 bits per heavy atom. The van der Waals surface area contributed by atoms with Gasteiger partial charge in [-0.2, -0.15) is 10.2 Å². The van der Waals surface area contributed by atoms with Gasteiger partial charge >= 0.3 is 0 Å². The number of rotatable bonds is 6. The van der Waals surface area contributed by atoms with Crippen LogP contribution in [0.25, 0.3) is 0 Å². The molecule has 3 N–H and O–H groups in total. The Labute approximate surface area is 141 Å². The van der Waals surface area contributed by atoms with Crippen LogP contribution in [0.1, 0.15) is 37.8 Å². The topological polar surface area (TPSA) is 106 Å². The molecule has 0 aliphatic rings. The summed E-state index contributed by atoms with van der Waals surface area (Å²) >= 11 is 0. The highest BCUT2D eigenvalue weighted by molar-refractivity contribution is 5.56. The lowest BCUT2D eigenvalue weighted by atomic mass is 9.99. The van der Waals surface area contributed by atoms with Gasteiger partial charge in [0.2, 0.25) is 5.95 Å². The van der Waals surface area contributed by atoms with Crippen LogP contribution in [0.2, 0.25) is 0 Å². The molecule has 0 atom stereocenters. The van der Waals surface area contributed by atoms with Crippen LogP contribution in [-0.2, 0) is 0 Å². The second-order valence-electron chi connectivity index (χ2n) is 5.43. The number of nitrogens with one attached hydrogen (secondary N) is 1. The smallest absolute Gasteiger partial charge is 0.224 e. The Bertz CT molecular complexity index is 768. The van der Waals surface area contributed by atoms with E-state index in [9.17, 15) is 5.26 Å². The molecule has 2 aromatic rings. The molecule has 0 unspecified atom stereocenters. The summed E-state index contributed by atoms with van der Waals surface area (Å²) in [5.41, 5.74) is 7.24. The van der Waals surface area contributed by atoms with Crippen molar-refractivity contribution >= 4 is 11.8 Å². The van der Waals surface area contributed by atoms with E-state index in [1.165, 1.54) is 13.3 Å². The summed E-state index contributed by atoms with van der Waals surface area (Å²) in [5.74, 6) is 2.23. The predicted molar refractivity (Wildman–Crippen MR) is 92.5 cm³/mol. The summed E-state index contributed by atoms with van der Waals surface area (Å²) in [6.45, 7) is 6.70. The fourth-order valence-corrected chi connectivity index (χ4v) is 2.20. The van der Waals surface area contributed by atoms with Gasteiger partial charge in [0.25, 0.3) is 0 Å². The van der Waals surface area contributed by atoms with E-state index >= 15 is 0 Å². The Morgan fingerprint density at radius 1 is 1.29 bits per heavy atom. The molecule has 2 rings (SSSR count). The number of aromatic nitrogens is 2. The molecule has 1 heterocycles. The van der Waals surface area contributed by atoms with Crippen molar-refractivity contribution in [3.05, 3.63) is 29.5 Å². The third-order valence-corrected chi connectivity index (χ3v) is 3.41. The zero-order chi connectivity index (χ0) is 17.7. The Kier molecular flexibility index (Phi) is 5.42. The first-order chi connectivity index (χ1) is 11.5. The van der Waals surface area contributed by atoms with Gasteiger partial charge in [-0.05, 0) is 18.9 Å². The van der Waals surface area contributed by atoms with E-state index < -0.39 is 0 Å². The lowest BCUT2D eigenvalue weighted by Crippen LogP contribution is -2.06. The van der Waals surface area contributed by atoms with Crippen molar-refractivity contribution in [3.8, 4) is 23.3 Å². The second kappa shape index (κ2) is 7.51. The maximum Gasteiger partial charge on any atom is 0.224 e. The minimum absolute atomic E-state index is 0.171. The SMILES string of the molecule is CCNc1ncc(Oc2cc(C#N)c(OC)cc2C(C)C)c(N)n1. The van der Waals surface area contributed by atoms with Crippen LogP contribution in [-0.4, -0.2) is 23.6 Å². The minimum Gasteiger partial charge on any atom is -0.495 e. The molecule has 0 saturated heterocycles. The molecule has 0 bridgehead atoms. The molecule has 0 saturated carbocycles. The van der Waals surface area contributed by atoms with Crippen molar-refractivity contribution in [2.75, 3.05) is 24.7 Å². The zero-order valence-corrected chi connectivity index (χ0v) is 14.3. The van der Waals surface area contributed by atoms with Crippen LogP contribution in [0, 0.1) is 11.3 Å². The van der Waals surface area contributed by atoms with Gasteiger partial charge < -0.3 is 20.5 Å². The zero-order valence-electron chi connectivity index (χ0n) is 14.3. The third kappa shape index (κ3) is 3.66. The Balaban J connectivity index is 2.43. The van der Waals surface area contributed by atoms with Crippen LogP contribution in [0.3, 0.4) is 0 Å². The number of methoxy groups -OCH3 is 1. The lowest BCUT2D eigenvalue weighted by Gasteiger charge is -2.17. The summed E-state index contributed by atoms with van der Waals surface area (Å²) in [6.07, 6.45) is 1.51. The molecule has 0 radical (unpaired) electrons. The van der Waals surface area contributed by atoms with Gasteiger partial charge in [-0.25, -0.2) is 4.98 Å². The van der Waals surface area contributed by atoms with Gasteiger partial charge in [-0.3, -0.25) is 0 Å². The molecule has 0 aliphatic heterocycles. The van der Waals surface area contributed by atoms with Gasteiger partial charge in [0.1, 0.15) is 17.6 Å². The van der Waals surface area contributed by atoms with E-state index in [0.717, 1.165) is 5.56 Å². The average Bonchev–Trinajstić information content (AvgIpc) is 2.56. The highest BCUT2D eigenvalue weighted by Gasteiger charge is 2.16. The van der Waals surface area contributed by atoms with E-state index in [4.69, 9.17) is 15.2 Å². The summed E-state index contributed by atoms with van der Waals surface area (Å²) in [5, 5.41) is 12.3. The first-order valence-electron chi connectivity index (χ1n) is 7.66. The molecule has 24 heavy (non-hydrogen) atoms. The van der Waals surface area contributed by atoms with Crippen LogP contribution in [0.4, 0.5) is 11.8 Å². The number of anilines is 2. The third-order valence-electron chi connectivity index (χ3n) is 3.41. The highest BCUT2D eigenvalue weighted by atomic mass is 16.5.